The monoisotopic (exact) mass is 291 g/mol. The summed E-state index contributed by atoms with van der Waals surface area (Å²) in [5.74, 6) is 1.25. The molecule has 0 atom stereocenters. The molecule has 1 aromatic carbocycles. The predicted molar refractivity (Wildman–Crippen MR) is 83.0 cm³/mol. The van der Waals surface area contributed by atoms with E-state index in [4.69, 9.17) is 10.5 Å². The second-order valence-corrected chi connectivity index (χ2v) is 6.01. The van der Waals surface area contributed by atoms with Gasteiger partial charge in [-0.1, -0.05) is 20.8 Å². The molecule has 0 saturated heterocycles. The van der Waals surface area contributed by atoms with Gasteiger partial charge in [-0.05, 0) is 25.1 Å². The van der Waals surface area contributed by atoms with Gasteiger partial charge in [-0.3, -0.25) is 0 Å². The molecule has 0 unspecified atom stereocenters. The van der Waals surface area contributed by atoms with E-state index in [9.17, 15) is 4.39 Å². The van der Waals surface area contributed by atoms with E-state index in [0.717, 1.165) is 12.4 Å². The molecule has 1 aromatic heterocycles. The summed E-state index contributed by atoms with van der Waals surface area (Å²) in [5.41, 5.74) is 7.35. The molecular weight excluding hydrogens is 269 g/mol. The van der Waals surface area contributed by atoms with E-state index in [1.807, 2.05) is 11.5 Å². The largest absolute Gasteiger partial charge is 0.494 e. The highest BCUT2D eigenvalue weighted by atomic mass is 19.1. The maximum atomic E-state index is 13.9. The van der Waals surface area contributed by atoms with Crippen LogP contribution in [0.3, 0.4) is 0 Å². The average Bonchev–Trinajstić information content (AvgIpc) is 2.75. The van der Waals surface area contributed by atoms with Crippen LogP contribution in [0.5, 0.6) is 5.75 Å². The molecule has 4 nitrogen and oxygen atoms in total. The van der Waals surface area contributed by atoms with Crippen molar-refractivity contribution in [2.75, 3.05) is 12.8 Å². The molecule has 0 aliphatic rings. The third-order valence-corrected chi connectivity index (χ3v) is 3.42. The Bertz CT molecular complexity index is 656. The minimum Gasteiger partial charge on any atom is -0.494 e. The second-order valence-electron chi connectivity index (χ2n) is 6.01. The van der Waals surface area contributed by atoms with Crippen LogP contribution in [0.25, 0.3) is 11.3 Å². The number of hydrogen-bond acceptors (Lipinski definition) is 3. The van der Waals surface area contributed by atoms with Crippen molar-refractivity contribution in [1.82, 2.24) is 9.55 Å². The van der Waals surface area contributed by atoms with Gasteiger partial charge in [0, 0.05) is 17.5 Å². The molecule has 1 heterocycles. The number of hydrogen-bond donors (Lipinski definition) is 1. The van der Waals surface area contributed by atoms with Crippen LogP contribution in [0.15, 0.2) is 18.2 Å². The zero-order chi connectivity index (χ0) is 15.8. The number of anilines is 1. The topological polar surface area (TPSA) is 53.1 Å². The number of halogens is 1. The van der Waals surface area contributed by atoms with Crippen LogP contribution in [-0.4, -0.2) is 16.7 Å². The molecule has 0 aliphatic heterocycles. The lowest BCUT2D eigenvalue weighted by molar-refractivity contribution is 0.386. The van der Waals surface area contributed by atoms with Gasteiger partial charge in [0.15, 0.2) is 11.6 Å². The van der Waals surface area contributed by atoms with Crippen LogP contribution >= 0.6 is 0 Å². The number of nitrogens with two attached hydrogens (primary N) is 1. The van der Waals surface area contributed by atoms with Crippen LogP contribution in [0.2, 0.25) is 0 Å². The highest BCUT2D eigenvalue weighted by Crippen LogP contribution is 2.33. The van der Waals surface area contributed by atoms with E-state index in [0.29, 0.717) is 17.1 Å². The van der Waals surface area contributed by atoms with Gasteiger partial charge in [-0.2, -0.15) is 0 Å². The Morgan fingerprint density at radius 2 is 2.00 bits per heavy atom. The van der Waals surface area contributed by atoms with Gasteiger partial charge in [0.1, 0.15) is 17.3 Å². The number of ether oxygens (including phenoxy) is 1. The molecule has 2 N–H and O–H groups in total. The summed E-state index contributed by atoms with van der Waals surface area (Å²) in [4.78, 5) is 4.65. The normalized spacial score (nSPS) is 11.7. The molecule has 0 bridgehead atoms. The fraction of sp³-hybridized carbons (Fsp3) is 0.438. The lowest BCUT2D eigenvalue weighted by Crippen LogP contribution is -2.19. The Labute approximate surface area is 124 Å². The molecule has 114 valence electrons. The van der Waals surface area contributed by atoms with Crippen molar-refractivity contribution in [2.45, 2.75) is 39.7 Å². The zero-order valence-electron chi connectivity index (χ0n) is 13.2. The van der Waals surface area contributed by atoms with Gasteiger partial charge >= 0.3 is 0 Å². The Morgan fingerprint density at radius 3 is 2.43 bits per heavy atom. The minimum atomic E-state index is -0.419. The standard InChI is InChI=1S/C16H22FN3O/c1-6-20-14(18)13(19-15(20)16(2,3)4)10-7-8-12(21-5)11(17)9-10/h7-9H,6,18H2,1-5H3. The first kappa shape index (κ1) is 15.4. The number of aromatic nitrogens is 2. The van der Waals surface area contributed by atoms with E-state index < -0.39 is 5.82 Å². The van der Waals surface area contributed by atoms with Crippen LogP contribution in [0.4, 0.5) is 10.2 Å². The Hall–Kier alpha value is -2.04. The van der Waals surface area contributed by atoms with Crippen molar-refractivity contribution in [3.05, 3.63) is 29.8 Å². The zero-order valence-corrected chi connectivity index (χ0v) is 13.2. The van der Waals surface area contributed by atoms with Crippen molar-refractivity contribution in [3.63, 3.8) is 0 Å². The van der Waals surface area contributed by atoms with Crippen molar-refractivity contribution < 1.29 is 9.13 Å². The summed E-state index contributed by atoms with van der Waals surface area (Å²) >= 11 is 0. The summed E-state index contributed by atoms with van der Waals surface area (Å²) in [6, 6.07) is 4.77. The van der Waals surface area contributed by atoms with E-state index >= 15 is 0 Å². The average molecular weight is 291 g/mol. The van der Waals surface area contributed by atoms with Crippen molar-refractivity contribution >= 4 is 5.82 Å². The number of nitrogens with zero attached hydrogens (tertiary/aromatic N) is 2. The Kier molecular flexibility index (Phi) is 3.94. The van der Waals surface area contributed by atoms with Crippen LogP contribution in [-0.2, 0) is 12.0 Å². The van der Waals surface area contributed by atoms with Gasteiger partial charge in [0.05, 0.1) is 7.11 Å². The summed E-state index contributed by atoms with van der Waals surface area (Å²) < 4.78 is 20.8. The van der Waals surface area contributed by atoms with Gasteiger partial charge in [0.25, 0.3) is 0 Å². The number of rotatable bonds is 3. The quantitative estimate of drug-likeness (QED) is 0.940. The summed E-state index contributed by atoms with van der Waals surface area (Å²) in [6.45, 7) is 8.99. The van der Waals surface area contributed by atoms with Gasteiger partial charge < -0.3 is 15.0 Å². The Balaban J connectivity index is 2.60. The number of methoxy groups -OCH3 is 1. The van der Waals surface area contributed by atoms with Crippen molar-refractivity contribution in [3.8, 4) is 17.0 Å². The lowest BCUT2D eigenvalue weighted by atomic mass is 9.95. The molecule has 0 radical (unpaired) electrons. The molecule has 0 amide bonds. The van der Waals surface area contributed by atoms with Gasteiger partial charge in [0.2, 0.25) is 0 Å². The second kappa shape index (κ2) is 5.39. The van der Waals surface area contributed by atoms with E-state index in [1.54, 1.807) is 12.1 Å². The van der Waals surface area contributed by atoms with Crippen molar-refractivity contribution in [1.29, 1.82) is 0 Å². The fourth-order valence-electron chi connectivity index (χ4n) is 2.38. The summed E-state index contributed by atoms with van der Waals surface area (Å²) in [7, 11) is 1.44. The molecule has 21 heavy (non-hydrogen) atoms. The smallest absolute Gasteiger partial charge is 0.165 e. The SMILES string of the molecule is CCn1c(C(C)(C)C)nc(-c2ccc(OC)c(F)c2)c1N. The molecular formula is C16H22FN3O. The van der Waals surface area contributed by atoms with E-state index in [1.165, 1.54) is 13.2 Å². The number of nitrogen functional groups attached to an aromatic ring is 1. The van der Waals surface area contributed by atoms with Gasteiger partial charge in [-0.15, -0.1) is 0 Å². The van der Waals surface area contributed by atoms with Crippen LogP contribution < -0.4 is 10.5 Å². The molecule has 0 fully saturated rings. The number of imidazole rings is 1. The number of benzene rings is 1. The fourth-order valence-corrected chi connectivity index (χ4v) is 2.38. The van der Waals surface area contributed by atoms with Gasteiger partial charge in [-0.25, -0.2) is 9.37 Å². The maximum Gasteiger partial charge on any atom is 0.165 e. The summed E-state index contributed by atoms with van der Waals surface area (Å²) in [6.07, 6.45) is 0. The van der Waals surface area contributed by atoms with Crippen LogP contribution in [0, 0.1) is 5.82 Å². The van der Waals surface area contributed by atoms with Crippen molar-refractivity contribution in [2.24, 2.45) is 0 Å². The highest BCUT2D eigenvalue weighted by molar-refractivity contribution is 5.72. The third-order valence-electron chi connectivity index (χ3n) is 3.42. The molecule has 0 aliphatic carbocycles. The first-order valence-electron chi connectivity index (χ1n) is 7.00. The molecule has 0 spiro atoms. The van der Waals surface area contributed by atoms with E-state index in [-0.39, 0.29) is 11.2 Å². The first-order chi connectivity index (χ1) is 9.79. The third kappa shape index (κ3) is 2.73. The summed E-state index contributed by atoms with van der Waals surface area (Å²) in [5, 5.41) is 0. The maximum absolute atomic E-state index is 13.9. The predicted octanol–water partition coefficient (Wildman–Crippen LogP) is 3.60. The lowest BCUT2D eigenvalue weighted by Gasteiger charge is -2.19. The minimum absolute atomic E-state index is 0.132. The Morgan fingerprint density at radius 1 is 1.33 bits per heavy atom. The molecule has 2 rings (SSSR count). The van der Waals surface area contributed by atoms with E-state index in [2.05, 4.69) is 25.8 Å². The highest BCUT2D eigenvalue weighted by Gasteiger charge is 2.25. The molecule has 2 aromatic rings. The molecule has 0 saturated carbocycles. The van der Waals surface area contributed by atoms with Crippen LogP contribution in [0.1, 0.15) is 33.5 Å². The first-order valence-corrected chi connectivity index (χ1v) is 7.00. The molecule has 5 heteroatoms.